The number of ether oxygens (including phenoxy) is 2. The highest BCUT2D eigenvalue weighted by Gasteiger charge is 2.17. The molecule has 2 rings (SSSR count). The monoisotopic (exact) mass is 261 g/mol. The van der Waals surface area contributed by atoms with E-state index in [9.17, 15) is 0 Å². The van der Waals surface area contributed by atoms with Crippen molar-refractivity contribution in [2.45, 2.75) is 13.5 Å². The minimum atomic E-state index is 0.431. The van der Waals surface area contributed by atoms with E-state index in [1.54, 1.807) is 18.9 Å². The fourth-order valence-corrected chi connectivity index (χ4v) is 2.26. The number of nitrogens with two attached hydrogens (primary N) is 1. The van der Waals surface area contributed by atoms with Crippen LogP contribution < -0.4 is 15.2 Å². The van der Waals surface area contributed by atoms with E-state index in [-0.39, 0.29) is 0 Å². The van der Waals surface area contributed by atoms with Crippen LogP contribution in [0.4, 0.5) is 0 Å². The van der Waals surface area contributed by atoms with Crippen molar-refractivity contribution in [3.05, 3.63) is 29.6 Å². The summed E-state index contributed by atoms with van der Waals surface area (Å²) in [6.45, 7) is 2.45. The first-order chi connectivity index (χ1) is 9.12. The number of aryl methyl sites for hydroxylation is 2. The van der Waals surface area contributed by atoms with Gasteiger partial charge in [0.05, 0.1) is 26.1 Å². The van der Waals surface area contributed by atoms with Gasteiger partial charge in [-0.25, -0.2) is 0 Å². The van der Waals surface area contributed by atoms with Crippen LogP contribution in [0.3, 0.4) is 0 Å². The number of rotatable bonds is 4. The van der Waals surface area contributed by atoms with Crippen LogP contribution in [0, 0.1) is 6.92 Å². The van der Waals surface area contributed by atoms with Crippen molar-refractivity contribution in [1.29, 1.82) is 0 Å². The van der Waals surface area contributed by atoms with E-state index in [1.165, 1.54) is 0 Å². The molecular formula is C14H19N3O2. The van der Waals surface area contributed by atoms with Gasteiger partial charge in [-0.2, -0.15) is 5.10 Å². The lowest BCUT2D eigenvalue weighted by atomic mass is 9.99. The Morgan fingerprint density at radius 1 is 1.26 bits per heavy atom. The highest BCUT2D eigenvalue weighted by molar-refractivity contribution is 5.76. The molecular weight excluding hydrogens is 242 g/mol. The lowest BCUT2D eigenvalue weighted by molar-refractivity contribution is 0.395. The molecule has 1 aromatic carbocycles. The molecule has 2 aromatic rings. The molecule has 0 aliphatic carbocycles. The molecule has 0 saturated heterocycles. The standard InChI is InChI=1S/C14H19N3O2/c1-9-5-10(18-3)6-13(19-4)14(9)11-8-16-17(2)12(11)7-15/h5-6,8H,7,15H2,1-4H3. The summed E-state index contributed by atoms with van der Waals surface area (Å²) in [6.07, 6.45) is 1.82. The summed E-state index contributed by atoms with van der Waals surface area (Å²) in [5.41, 5.74) is 9.86. The van der Waals surface area contributed by atoms with Crippen molar-refractivity contribution in [3.63, 3.8) is 0 Å². The molecule has 5 nitrogen and oxygen atoms in total. The summed E-state index contributed by atoms with van der Waals surface area (Å²) < 4.78 is 12.5. The third-order valence-electron chi connectivity index (χ3n) is 3.25. The molecule has 102 valence electrons. The Morgan fingerprint density at radius 3 is 2.58 bits per heavy atom. The number of nitrogens with zero attached hydrogens (tertiary/aromatic N) is 2. The van der Waals surface area contributed by atoms with E-state index >= 15 is 0 Å². The first-order valence-electron chi connectivity index (χ1n) is 6.06. The molecule has 1 aromatic heterocycles. The van der Waals surface area contributed by atoms with Crippen LogP contribution in [0.5, 0.6) is 11.5 Å². The maximum absolute atomic E-state index is 5.80. The van der Waals surface area contributed by atoms with Crippen molar-refractivity contribution >= 4 is 0 Å². The maximum Gasteiger partial charge on any atom is 0.130 e. The van der Waals surface area contributed by atoms with Crippen LogP contribution in [0.1, 0.15) is 11.3 Å². The quantitative estimate of drug-likeness (QED) is 0.912. The molecule has 19 heavy (non-hydrogen) atoms. The first kappa shape index (κ1) is 13.4. The average molecular weight is 261 g/mol. The molecule has 0 radical (unpaired) electrons. The third-order valence-corrected chi connectivity index (χ3v) is 3.25. The number of benzene rings is 1. The lowest BCUT2D eigenvalue weighted by Gasteiger charge is -2.14. The zero-order valence-electron chi connectivity index (χ0n) is 11.7. The predicted octanol–water partition coefficient (Wildman–Crippen LogP) is 1.87. The van der Waals surface area contributed by atoms with Crippen molar-refractivity contribution in [3.8, 4) is 22.6 Å². The summed E-state index contributed by atoms with van der Waals surface area (Å²) in [7, 11) is 5.18. The number of methoxy groups -OCH3 is 2. The third kappa shape index (κ3) is 2.29. The Morgan fingerprint density at radius 2 is 2.00 bits per heavy atom. The van der Waals surface area contributed by atoms with Gasteiger partial charge in [0.2, 0.25) is 0 Å². The smallest absolute Gasteiger partial charge is 0.130 e. The summed E-state index contributed by atoms with van der Waals surface area (Å²) in [6, 6.07) is 3.85. The first-order valence-corrected chi connectivity index (χ1v) is 6.06. The van der Waals surface area contributed by atoms with Gasteiger partial charge in [-0.05, 0) is 18.6 Å². The van der Waals surface area contributed by atoms with Crippen LogP contribution in [0.2, 0.25) is 0 Å². The molecule has 0 unspecified atom stereocenters. The van der Waals surface area contributed by atoms with E-state index in [0.717, 1.165) is 33.9 Å². The van der Waals surface area contributed by atoms with Crippen molar-refractivity contribution in [2.75, 3.05) is 14.2 Å². The average Bonchev–Trinajstić information content (AvgIpc) is 2.78. The minimum absolute atomic E-state index is 0.431. The highest BCUT2D eigenvalue weighted by atomic mass is 16.5. The van der Waals surface area contributed by atoms with Crippen molar-refractivity contribution in [1.82, 2.24) is 9.78 Å². The van der Waals surface area contributed by atoms with E-state index in [0.29, 0.717) is 6.54 Å². The fourth-order valence-electron chi connectivity index (χ4n) is 2.26. The molecule has 1 heterocycles. The van der Waals surface area contributed by atoms with E-state index in [4.69, 9.17) is 15.2 Å². The second kappa shape index (κ2) is 5.32. The number of hydrogen-bond acceptors (Lipinski definition) is 4. The summed E-state index contributed by atoms with van der Waals surface area (Å²) in [5.74, 6) is 1.54. The van der Waals surface area contributed by atoms with Gasteiger partial charge in [0, 0.05) is 30.8 Å². The molecule has 0 bridgehead atoms. The van der Waals surface area contributed by atoms with Gasteiger partial charge in [0.15, 0.2) is 0 Å². The fraction of sp³-hybridized carbons (Fsp3) is 0.357. The lowest BCUT2D eigenvalue weighted by Crippen LogP contribution is -2.06. The number of hydrogen-bond donors (Lipinski definition) is 1. The number of aromatic nitrogens is 2. The molecule has 0 aliphatic heterocycles. The van der Waals surface area contributed by atoms with Crippen LogP contribution >= 0.6 is 0 Å². The van der Waals surface area contributed by atoms with Gasteiger partial charge in [-0.15, -0.1) is 0 Å². The van der Waals surface area contributed by atoms with E-state index < -0.39 is 0 Å². The van der Waals surface area contributed by atoms with Gasteiger partial charge >= 0.3 is 0 Å². The van der Waals surface area contributed by atoms with Gasteiger partial charge in [0.1, 0.15) is 11.5 Å². The van der Waals surface area contributed by atoms with Gasteiger partial charge < -0.3 is 15.2 Å². The second-order valence-corrected chi connectivity index (χ2v) is 4.35. The van der Waals surface area contributed by atoms with Crippen LogP contribution in [0.15, 0.2) is 18.3 Å². The molecule has 0 amide bonds. The molecule has 2 N–H and O–H groups in total. The summed E-state index contributed by atoms with van der Waals surface area (Å²) in [4.78, 5) is 0. The van der Waals surface area contributed by atoms with Gasteiger partial charge in [-0.3, -0.25) is 4.68 Å². The largest absolute Gasteiger partial charge is 0.497 e. The molecule has 0 saturated carbocycles. The molecule has 0 spiro atoms. The van der Waals surface area contributed by atoms with Crippen molar-refractivity contribution in [2.24, 2.45) is 12.8 Å². The normalized spacial score (nSPS) is 10.6. The summed E-state index contributed by atoms with van der Waals surface area (Å²) in [5, 5.41) is 4.27. The SMILES string of the molecule is COc1cc(C)c(-c2cnn(C)c2CN)c(OC)c1. The molecule has 0 aliphatic rings. The zero-order valence-corrected chi connectivity index (χ0v) is 11.7. The Hall–Kier alpha value is -2.01. The van der Waals surface area contributed by atoms with E-state index in [1.807, 2.05) is 32.3 Å². The minimum Gasteiger partial charge on any atom is -0.497 e. The van der Waals surface area contributed by atoms with Crippen LogP contribution in [0.25, 0.3) is 11.1 Å². The zero-order chi connectivity index (χ0) is 14.0. The Labute approximate surface area is 112 Å². The molecule has 5 heteroatoms. The van der Waals surface area contributed by atoms with E-state index in [2.05, 4.69) is 5.10 Å². The second-order valence-electron chi connectivity index (χ2n) is 4.35. The van der Waals surface area contributed by atoms with Crippen LogP contribution in [-0.2, 0) is 13.6 Å². The summed E-state index contributed by atoms with van der Waals surface area (Å²) >= 11 is 0. The molecule has 0 atom stereocenters. The predicted molar refractivity (Wildman–Crippen MR) is 74.4 cm³/mol. The van der Waals surface area contributed by atoms with Gasteiger partial charge in [-0.1, -0.05) is 0 Å². The maximum atomic E-state index is 5.80. The molecule has 0 fully saturated rings. The van der Waals surface area contributed by atoms with Crippen molar-refractivity contribution < 1.29 is 9.47 Å². The Kier molecular flexibility index (Phi) is 3.76. The Balaban J connectivity index is 2.67. The highest BCUT2D eigenvalue weighted by Crippen LogP contribution is 2.38. The van der Waals surface area contributed by atoms with Crippen LogP contribution in [-0.4, -0.2) is 24.0 Å². The topological polar surface area (TPSA) is 62.3 Å². The Bertz CT molecular complexity index is 591. The van der Waals surface area contributed by atoms with Gasteiger partial charge in [0.25, 0.3) is 0 Å².